The Kier molecular flexibility index (Phi) is 15.1. The quantitative estimate of drug-likeness (QED) is 0.202. The van der Waals surface area contributed by atoms with Gasteiger partial charge in [0.05, 0.1) is 0 Å². The molecule has 0 aromatic heterocycles. The molecule has 0 atom stereocenters. The van der Waals surface area contributed by atoms with E-state index in [1.54, 1.807) is 6.08 Å². The maximum absolute atomic E-state index is 11.4. The van der Waals surface area contributed by atoms with Crippen LogP contribution in [-0.4, -0.2) is 16.9 Å². The van der Waals surface area contributed by atoms with Gasteiger partial charge in [-0.1, -0.05) is 62.3 Å². The molecule has 0 aromatic rings. The van der Waals surface area contributed by atoms with Crippen molar-refractivity contribution in [3.63, 3.8) is 0 Å². The molecular weight excluding hydrogens is 288 g/mol. The fourth-order valence-corrected chi connectivity index (χ4v) is 1.89. The fraction of sp³-hybridized carbons (Fsp3) is 0.500. The first-order valence-electron chi connectivity index (χ1n) is 8.54. The normalized spacial score (nSPS) is 12.2. The van der Waals surface area contributed by atoms with Gasteiger partial charge in [-0.25, -0.2) is 0 Å². The van der Waals surface area contributed by atoms with Gasteiger partial charge in [0, 0.05) is 12.8 Å². The highest BCUT2D eigenvalue weighted by atomic mass is 16.4. The Morgan fingerprint density at radius 3 is 2.22 bits per heavy atom. The van der Waals surface area contributed by atoms with E-state index in [1.165, 1.54) is 31.8 Å². The number of carboxylic acid groups (broad SMARTS) is 1. The van der Waals surface area contributed by atoms with Crippen LogP contribution in [0.15, 0.2) is 48.6 Å². The smallest absolute Gasteiger partial charge is 0.303 e. The van der Waals surface area contributed by atoms with Crippen LogP contribution in [0.5, 0.6) is 0 Å². The van der Waals surface area contributed by atoms with Gasteiger partial charge in [0.2, 0.25) is 0 Å². The molecule has 0 radical (unpaired) electrons. The highest BCUT2D eigenvalue weighted by molar-refractivity contribution is 5.90. The number of rotatable bonds is 14. The van der Waals surface area contributed by atoms with Gasteiger partial charge in [0.25, 0.3) is 0 Å². The second kappa shape index (κ2) is 16.5. The minimum Gasteiger partial charge on any atom is -0.481 e. The van der Waals surface area contributed by atoms with Crippen molar-refractivity contribution < 1.29 is 14.7 Å². The van der Waals surface area contributed by atoms with Crippen molar-refractivity contribution in [3.05, 3.63) is 48.6 Å². The average Bonchev–Trinajstić information content (AvgIpc) is 2.51. The highest BCUT2D eigenvalue weighted by Gasteiger charge is 1.99. The van der Waals surface area contributed by atoms with E-state index >= 15 is 0 Å². The number of hydrogen-bond acceptors (Lipinski definition) is 2. The average molecular weight is 318 g/mol. The molecule has 0 amide bonds. The Labute approximate surface area is 140 Å². The summed E-state index contributed by atoms with van der Waals surface area (Å²) in [6.07, 6.45) is 23.3. The number of carboxylic acids is 1. The van der Waals surface area contributed by atoms with Gasteiger partial charge in [-0.15, -0.1) is 0 Å². The summed E-state index contributed by atoms with van der Waals surface area (Å²) >= 11 is 0. The monoisotopic (exact) mass is 318 g/mol. The van der Waals surface area contributed by atoms with Crippen molar-refractivity contribution in [3.8, 4) is 0 Å². The molecule has 0 heterocycles. The Morgan fingerprint density at radius 1 is 0.826 bits per heavy atom. The predicted molar refractivity (Wildman–Crippen MR) is 96.4 cm³/mol. The van der Waals surface area contributed by atoms with E-state index in [9.17, 15) is 9.59 Å². The molecule has 0 aliphatic carbocycles. The zero-order chi connectivity index (χ0) is 17.2. The summed E-state index contributed by atoms with van der Waals surface area (Å²) in [5.41, 5.74) is 0. The third-order valence-electron chi connectivity index (χ3n) is 3.20. The highest BCUT2D eigenvalue weighted by Crippen LogP contribution is 2.01. The molecule has 23 heavy (non-hydrogen) atoms. The summed E-state index contributed by atoms with van der Waals surface area (Å²) in [6.45, 7) is 2.21. The lowest BCUT2D eigenvalue weighted by Crippen LogP contribution is -1.97. The van der Waals surface area contributed by atoms with Crippen LogP contribution < -0.4 is 0 Å². The molecule has 3 nitrogen and oxygen atoms in total. The molecule has 128 valence electrons. The summed E-state index contributed by atoms with van der Waals surface area (Å²) < 4.78 is 0. The number of ketones is 1. The topological polar surface area (TPSA) is 54.4 Å². The van der Waals surface area contributed by atoms with Crippen molar-refractivity contribution >= 4 is 11.8 Å². The lowest BCUT2D eigenvalue weighted by Gasteiger charge is -1.92. The lowest BCUT2D eigenvalue weighted by molar-refractivity contribution is -0.137. The zero-order valence-corrected chi connectivity index (χ0v) is 14.2. The van der Waals surface area contributed by atoms with E-state index in [0.29, 0.717) is 12.8 Å². The molecule has 0 aliphatic rings. The summed E-state index contributed by atoms with van der Waals surface area (Å²) in [4.78, 5) is 21.7. The SMILES string of the molecule is CCCCC/C=C\C/C=C\C/C=C\C=C\C(=O)CCCC(=O)O. The number of aliphatic carboxylic acids is 1. The number of carbonyl (C=O) groups excluding carboxylic acids is 1. The minimum atomic E-state index is -0.857. The molecule has 0 aliphatic heterocycles. The molecule has 1 N–H and O–H groups in total. The number of unbranched alkanes of at least 4 members (excludes halogenated alkanes) is 3. The van der Waals surface area contributed by atoms with Gasteiger partial charge in [-0.05, 0) is 38.2 Å². The maximum atomic E-state index is 11.4. The predicted octanol–water partition coefficient (Wildman–Crippen LogP) is 5.40. The standard InChI is InChI=1S/C20H30O3/c1-2-3-4-5-6-7-8-9-10-11-12-13-14-16-19(21)17-15-18-20(22)23/h6-7,9-10,12-14,16H,2-5,8,11,15,17-18H2,1H3,(H,22,23)/b7-6-,10-9-,13-12-,16-14+. The van der Waals surface area contributed by atoms with Crippen molar-refractivity contribution in [1.29, 1.82) is 0 Å². The summed E-state index contributed by atoms with van der Waals surface area (Å²) in [6, 6.07) is 0. The minimum absolute atomic E-state index is 0.0281. The Hall–Kier alpha value is -1.90. The molecule has 0 aromatic carbocycles. The first-order chi connectivity index (χ1) is 11.2. The van der Waals surface area contributed by atoms with Crippen molar-refractivity contribution in [2.75, 3.05) is 0 Å². The van der Waals surface area contributed by atoms with Crippen LogP contribution >= 0.6 is 0 Å². The lowest BCUT2D eigenvalue weighted by atomic mass is 10.1. The van der Waals surface area contributed by atoms with Crippen LogP contribution in [-0.2, 0) is 9.59 Å². The van der Waals surface area contributed by atoms with E-state index < -0.39 is 5.97 Å². The molecular formula is C20H30O3. The molecule has 0 saturated heterocycles. The molecule has 0 saturated carbocycles. The van der Waals surface area contributed by atoms with Gasteiger partial charge in [0.1, 0.15) is 0 Å². The zero-order valence-electron chi connectivity index (χ0n) is 14.2. The van der Waals surface area contributed by atoms with Gasteiger partial charge < -0.3 is 5.11 Å². The van der Waals surface area contributed by atoms with E-state index in [0.717, 1.165) is 12.8 Å². The Balaban J connectivity index is 3.61. The molecule has 0 spiro atoms. The number of allylic oxidation sites excluding steroid dienone is 8. The maximum Gasteiger partial charge on any atom is 0.303 e. The second-order valence-corrected chi connectivity index (χ2v) is 5.41. The second-order valence-electron chi connectivity index (χ2n) is 5.41. The van der Waals surface area contributed by atoms with Crippen LogP contribution in [0.2, 0.25) is 0 Å². The summed E-state index contributed by atoms with van der Waals surface area (Å²) in [5, 5.41) is 8.47. The Morgan fingerprint density at radius 2 is 1.52 bits per heavy atom. The van der Waals surface area contributed by atoms with Crippen LogP contribution in [0.4, 0.5) is 0 Å². The molecule has 0 rings (SSSR count). The first-order valence-corrected chi connectivity index (χ1v) is 8.54. The van der Waals surface area contributed by atoms with E-state index in [2.05, 4.69) is 31.2 Å². The summed E-state index contributed by atoms with van der Waals surface area (Å²) in [5.74, 6) is -0.885. The first kappa shape index (κ1) is 21.1. The number of hydrogen-bond donors (Lipinski definition) is 1. The van der Waals surface area contributed by atoms with Gasteiger partial charge >= 0.3 is 5.97 Å². The van der Waals surface area contributed by atoms with Crippen LogP contribution in [0.3, 0.4) is 0 Å². The van der Waals surface area contributed by atoms with Crippen LogP contribution in [0.25, 0.3) is 0 Å². The molecule has 0 fully saturated rings. The number of carbonyl (C=O) groups is 2. The third kappa shape index (κ3) is 18.1. The Bertz CT molecular complexity index is 428. The van der Waals surface area contributed by atoms with Crippen LogP contribution in [0.1, 0.15) is 64.7 Å². The van der Waals surface area contributed by atoms with E-state index in [-0.39, 0.29) is 12.2 Å². The van der Waals surface area contributed by atoms with Crippen molar-refractivity contribution in [2.45, 2.75) is 64.7 Å². The largest absolute Gasteiger partial charge is 0.481 e. The van der Waals surface area contributed by atoms with Crippen LogP contribution in [0, 0.1) is 0 Å². The van der Waals surface area contributed by atoms with Crippen molar-refractivity contribution in [2.24, 2.45) is 0 Å². The van der Waals surface area contributed by atoms with E-state index in [4.69, 9.17) is 5.11 Å². The molecule has 3 heteroatoms. The van der Waals surface area contributed by atoms with E-state index in [1.807, 2.05) is 12.2 Å². The fourth-order valence-electron chi connectivity index (χ4n) is 1.89. The summed E-state index contributed by atoms with van der Waals surface area (Å²) in [7, 11) is 0. The molecule has 0 unspecified atom stereocenters. The molecule has 0 bridgehead atoms. The van der Waals surface area contributed by atoms with Gasteiger partial charge in [-0.2, -0.15) is 0 Å². The third-order valence-corrected chi connectivity index (χ3v) is 3.20. The van der Waals surface area contributed by atoms with Gasteiger partial charge in [-0.3, -0.25) is 9.59 Å². The van der Waals surface area contributed by atoms with Crippen molar-refractivity contribution in [1.82, 2.24) is 0 Å². The van der Waals surface area contributed by atoms with Gasteiger partial charge in [0.15, 0.2) is 5.78 Å².